The Hall–Kier alpha value is -2.04. The minimum atomic E-state index is -0.125. The van der Waals surface area contributed by atoms with Crippen molar-refractivity contribution in [2.24, 2.45) is 5.92 Å². The van der Waals surface area contributed by atoms with Crippen molar-refractivity contribution in [3.05, 3.63) is 23.8 Å². The third kappa shape index (κ3) is 4.23. The molecule has 22 heavy (non-hydrogen) atoms. The van der Waals surface area contributed by atoms with Crippen molar-refractivity contribution in [3.63, 3.8) is 0 Å². The smallest absolute Gasteiger partial charge is 0.258 e. The molecule has 2 rings (SSSR count). The van der Waals surface area contributed by atoms with Crippen LogP contribution in [0.4, 0.5) is 0 Å². The molecule has 0 bridgehead atoms. The highest BCUT2D eigenvalue weighted by Gasteiger charge is 2.22. The first-order valence-electron chi connectivity index (χ1n) is 7.69. The summed E-state index contributed by atoms with van der Waals surface area (Å²) in [6, 6.07) is 5.10. The molecule has 1 aromatic carbocycles. The number of amides is 1. The van der Waals surface area contributed by atoms with Gasteiger partial charge >= 0.3 is 0 Å². The van der Waals surface area contributed by atoms with Gasteiger partial charge in [-0.3, -0.25) is 9.59 Å². The molecule has 5 nitrogen and oxygen atoms in total. The number of carbonyl (C=O) groups is 2. The highest BCUT2D eigenvalue weighted by atomic mass is 16.5. The van der Waals surface area contributed by atoms with Gasteiger partial charge in [0.25, 0.3) is 5.91 Å². The lowest BCUT2D eigenvalue weighted by Crippen LogP contribution is -2.43. The Bertz CT molecular complexity index is 529. The summed E-state index contributed by atoms with van der Waals surface area (Å²) in [6.07, 6.45) is 5.34. The quantitative estimate of drug-likeness (QED) is 0.820. The van der Waals surface area contributed by atoms with E-state index in [0.29, 0.717) is 23.0 Å². The summed E-state index contributed by atoms with van der Waals surface area (Å²) in [6.45, 7) is 2.12. The zero-order valence-corrected chi connectivity index (χ0v) is 13.1. The maximum absolute atomic E-state index is 12.0. The molecular formula is C17H23NO4. The van der Waals surface area contributed by atoms with Gasteiger partial charge in [0.15, 0.2) is 18.1 Å². The lowest BCUT2D eigenvalue weighted by Gasteiger charge is -2.29. The topological polar surface area (TPSA) is 64.6 Å². The molecule has 0 spiro atoms. The van der Waals surface area contributed by atoms with E-state index in [2.05, 4.69) is 12.2 Å². The van der Waals surface area contributed by atoms with Crippen molar-refractivity contribution >= 4 is 12.2 Å². The van der Waals surface area contributed by atoms with E-state index in [1.165, 1.54) is 13.5 Å². The minimum Gasteiger partial charge on any atom is -0.493 e. The Kier molecular flexibility index (Phi) is 5.81. The van der Waals surface area contributed by atoms with E-state index in [-0.39, 0.29) is 18.6 Å². The zero-order chi connectivity index (χ0) is 15.9. The van der Waals surface area contributed by atoms with Crippen LogP contribution in [0, 0.1) is 5.92 Å². The number of hydrogen-bond donors (Lipinski definition) is 1. The van der Waals surface area contributed by atoms with Crippen LogP contribution in [0.5, 0.6) is 11.5 Å². The second-order valence-electron chi connectivity index (χ2n) is 5.75. The lowest BCUT2D eigenvalue weighted by molar-refractivity contribution is -0.124. The molecule has 0 aromatic heterocycles. The van der Waals surface area contributed by atoms with Gasteiger partial charge in [0.1, 0.15) is 6.29 Å². The Morgan fingerprint density at radius 3 is 2.77 bits per heavy atom. The van der Waals surface area contributed by atoms with Crippen LogP contribution >= 0.6 is 0 Å². The van der Waals surface area contributed by atoms with Crippen LogP contribution in [-0.2, 0) is 4.79 Å². The van der Waals surface area contributed by atoms with E-state index in [1.807, 2.05) is 0 Å². The fraction of sp³-hybridized carbons (Fsp3) is 0.529. The average molecular weight is 305 g/mol. The first-order chi connectivity index (χ1) is 10.6. The van der Waals surface area contributed by atoms with E-state index in [1.54, 1.807) is 18.2 Å². The number of aldehydes is 1. The van der Waals surface area contributed by atoms with Gasteiger partial charge in [0, 0.05) is 11.6 Å². The fourth-order valence-corrected chi connectivity index (χ4v) is 2.80. The summed E-state index contributed by atoms with van der Waals surface area (Å²) < 4.78 is 10.7. The molecule has 1 fully saturated rings. The van der Waals surface area contributed by atoms with E-state index in [0.717, 1.165) is 25.5 Å². The van der Waals surface area contributed by atoms with Crippen LogP contribution in [-0.4, -0.2) is 32.0 Å². The summed E-state index contributed by atoms with van der Waals surface area (Å²) in [5, 5.41) is 3.04. The van der Waals surface area contributed by atoms with E-state index in [4.69, 9.17) is 9.47 Å². The monoisotopic (exact) mass is 305 g/mol. The van der Waals surface area contributed by atoms with Crippen molar-refractivity contribution in [1.29, 1.82) is 0 Å². The molecule has 1 amide bonds. The Balaban J connectivity index is 1.89. The summed E-state index contributed by atoms with van der Waals surface area (Å²) >= 11 is 0. The van der Waals surface area contributed by atoms with Crippen molar-refractivity contribution in [2.75, 3.05) is 13.7 Å². The molecular weight excluding hydrogens is 282 g/mol. The molecule has 1 aliphatic carbocycles. The third-order valence-electron chi connectivity index (χ3n) is 4.14. The zero-order valence-electron chi connectivity index (χ0n) is 13.1. The van der Waals surface area contributed by atoms with Gasteiger partial charge in [-0.1, -0.05) is 19.8 Å². The standard InChI is InChI=1S/C17H23NO4/c1-12-5-3-4-6-14(12)18-17(20)11-22-15-8-7-13(10-19)9-16(15)21-2/h7-10,12,14H,3-6,11H2,1-2H3,(H,18,20). The summed E-state index contributed by atoms with van der Waals surface area (Å²) in [4.78, 5) is 22.8. The Morgan fingerprint density at radius 1 is 1.32 bits per heavy atom. The molecule has 5 heteroatoms. The molecule has 0 saturated heterocycles. The molecule has 1 saturated carbocycles. The molecule has 0 radical (unpaired) electrons. The second-order valence-corrected chi connectivity index (χ2v) is 5.75. The van der Waals surface area contributed by atoms with Gasteiger partial charge in [-0.05, 0) is 37.0 Å². The molecule has 1 aromatic rings. The van der Waals surface area contributed by atoms with Crippen LogP contribution in [0.3, 0.4) is 0 Å². The SMILES string of the molecule is COc1cc(C=O)ccc1OCC(=O)NC1CCCCC1C. The first kappa shape index (κ1) is 16.3. The van der Waals surface area contributed by atoms with Crippen LogP contribution in [0.15, 0.2) is 18.2 Å². The van der Waals surface area contributed by atoms with Gasteiger partial charge in [0.2, 0.25) is 0 Å². The minimum absolute atomic E-state index is 0.0555. The number of benzene rings is 1. The maximum atomic E-state index is 12.0. The summed E-state index contributed by atoms with van der Waals surface area (Å²) in [7, 11) is 1.50. The number of methoxy groups -OCH3 is 1. The molecule has 1 N–H and O–H groups in total. The lowest BCUT2D eigenvalue weighted by atomic mass is 9.86. The Morgan fingerprint density at radius 2 is 2.09 bits per heavy atom. The third-order valence-corrected chi connectivity index (χ3v) is 4.14. The highest BCUT2D eigenvalue weighted by Crippen LogP contribution is 2.27. The van der Waals surface area contributed by atoms with Crippen LogP contribution in [0.25, 0.3) is 0 Å². The molecule has 2 atom stereocenters. The van der Waals surface area contributed by atoms with Crippen LogP contribution in [0.2, 0.25) is 0 Å². The molecule has 0 aliphatic heterocycles. The fourth-order valence-electron chi connectivity index (χ4n) is 2.80. The van der Waals surface area contributed by atoms with Gasteiger partial charge in [-0.25, -0.2) is 0 Å². The largest absolute Gasteiger partial charge is 0.493 e. The van der Waals surface area contributed by atoms with E-state index in [9.17, 15) is 9.59 Å². The van der Waals surface area contributed by atoms with Gasteiger partial charge in [-0.2, -0.15) is 0 Å². The normalized spacial score (nSPS) is 21.0. The maximum Gasteiger partial charge on any atom is 0.258 e. The van der Waals surface area contributed by atoms with Crippen molar-refractivity contribution in [3.8, 4) is 11.5 Å². The van der Waals surface area contributed by atoms with E-state index < -0.39 is 0 Å². The number of carbonyl (C=O) groups excluding carboxylic acids is 2. The number of ether oxygens (including phenoxy) is 2. The second kappa shape index (κ2) is 7.82. The van der Waals surface area contributed by atoms with Crippen molar-refractivity contribution in [1.82, 2.24) is 5.32 Å². The van der Waals surface area contributed by atoms with Gasteiger partial charge < -0.3 is 14.8 Å². The van der Waals surface area contributed by atoms with Gasteiger partial charge in [-0.15, -0.1) is 0 Å². The van der Waals surface area contributed by atoms with Gasteiger partial charge in [0.05, 0.1) is 7.11 Å². The summed E-state index contributed by atoms with van der Waals surface area (Å²) in [5.41, 5.74) is 0.504. The molecule has 0 heterocycles. The number of rotatable bonds is 6. The van der Waals surface area contributed by atoms with Crippen molar-refractivity contribution < 1.29 is 19.1 Å². The molecule has 120 valence electrons. The van der Waals surface area contributed by atoms with Crippen LogP contribution < -0.4 is 14.8 Å². The van der Waals surface area contributed by atoms with Crippen molar-refractivity contribution in [2.45, 2.75) is 38.6 Å². The Labute approximate surface area is 131 Å². The number of nitrogens with one attached hydrogen (secondary N) is 1. The predicted octanol–water partition coefficient (Wildman–Crippen LogP) is 2.58. The molecule has 2 unspecified atom stereocenters. The average Bonchev–Trinajstić information content (AvgIpc) is 2.55. The summed E-state index contributed by atoms with van der Waals surface area (Å²) in [5.74, 6) is 1.29. The number of hydrogen-bond acceptors (Lipinski definition) is 4. The van der Waals surface area contributed by atoms with E-state index >= 15 is 0 Å². The highest BCUT2D eigenvalue weighted by molar-refractivity contribution is 5.78. The predicted molar refractivity (Wildman–Crippen MR) is 83.4 cm³/mol. The molecule has 1 aliphatic rings. The van der Waals surface area contributed by atoms with Crippen LogP contribution in [0.1, 0.15) is 43.0 Å². The first-order valence-corrected chi connectivity index (χ1v) is 7.69.